The largest absolute Gasteiger partial charge is 0.326 e. The number of hydrogen-bond donors (Lipinski definition) is 2. The van der Waals surface area contributed by atoms with Gasteiger partial charge in [0, 0.05) is 11.6 Å². The maximum Gasteiger partial charge on any atom is 0.244 e. The zero-order valence-electron chi connectivity index (χ0n) is 14.2. The summed E-state index contributed by atoms with van der Waals surface area (Å²) < 4.78 is 0. The van der Waals surface area contributed by atoms with Gasteiger partial charge in [-0.3, -0.25) is 9.59 Å². The molecule has 1 fully saturated rings. The summed E-state index contributed by atoms with van der Waals surface area (Å²) in [7, 11) is 0. The van der Waals surface area contributed by atoms with Crippen LogP contribution in [0.4, 0.5) is 5.69 Å². The van der Waals surface area contributed by atoms with Gasteiger partial charge in [-0.05, 0) is 43.0 Å². The molecular weight excluding hydrogens is 314 g/mol. The summed E-state index contributed by atoms with van der Waals surface area (Å²) in [5.41, 5.74) is 5.91. The number of carbonyl (C=O) groups is 2. The molecule has 1 saturated carbocycles. The fraction of sp³-hybridized carbons (Fsp3) is 0.250. The van der Waals surface area contributed by atoms with Crippen LogP contribution in [0, 0.1) is 5.92 Å². The van der Waals surface area contributed by atoms with E-state index in [1.807, 2.05) is 61.5 Å². The molecule has 3 rings (SSSR count). The van der Waals surface area contributed by atoms with E-state index in [0.717, 1.165) is 29.7 Å². The van der Waals surface area contributed by atoms with Crippen LogP contribution in [0.5, 0.6) is 0 Å². The molecule has 2 N–H and O–H groups in total. The molecule has 0 aromatic heterocycles. The first-order valence-corrected chi connectivity index (χ1v) is 8.40. The van der Waals surface area contributed by atoms with E-state index in [0.29, 0.717) is 12.1 Å². The van der Waals surface area contributed by atoms with Gasteiger partial charge in [0.25, 0.3) is 0 Å². The Balaban J connectivity index is 1.54. The molecule has 0 atom stereocenters. The molecule has 0 bridgehead atoms. The summed E-state index contributed by atoms with van der Waals surface area (Å²) in [4.78, 5) is 23.7. The van der Waals surface area contributed by atoms with Crippen molar-refractivity contribution in [3.8, 4) is 0 Å². The van der Waals surface area contributed by atoms with Crippen LogP contribution in [0.15, 0.2) is 59.7 Å². The first kappa shape index (κ1) is 16.9. The highest BCUT2D eigenvalue weighted by molar-refractivity contribution is 6.00. The average molecular weight is 335 g/mol. The quantitative estimate of drug-likeness (QED) is 0.629. The summed E-state index contributed by atoms with van der Waals surface area (Å²) in [6, 6.07) is 17.0. The van der Waals surface area contributed by atoms with Crippen molar-refractivity contribution < 1.29 is 9.59 Å². The van der Waals surface area contributed by atoms with Gasteiger partial charge in [0.2, 0.25) is 11.8 Å². The number of benzene rings is 2. The Kier molecular flexibility index (Phi) is 5.23. The van der Waals surface area contributed by atoms with E-state index in [1.54, 1.807) is 0 Å². The Bertz CT molecular complexity index is 778. The summed E-state index contributed by atoms with van der Waals surface area (Å²) in [6.45, 7) is 1.83. The first-order valence-electron chi connectivity index (χ1n) is 8.40. The van der Waals surface area contributed by atoms with Crippen LogP contribution in [0.3, 0.4) is 0 Å². The highest BCUT2D eigenvalue weighted by Gasteiger charge is 2.29. The van der Waals surface area contributed by atoms with Crippen molar-refractivity contribution in [2.24, 2.45) is 11.0 Å². The third-order valence-electron chi connectivity index (χ3n) is 4.07. The van der Waals surface area contributed by atoms with E-state index in [1.165, 1.54) is 0 Å². The highest BCUT2D eigenvalue weighted by atomic mass is 16.2. The summed E-state index contributed by atoms with van der Waals surface area (Å²) in [6.07, 6.45) is 2.26. The molecule has 0 heterocycles. The van der Waals surface area contributed by atoms with Gasteiger partial charge in [-0.1, -0.05) is 42.5 Å². The molecule has 5 nitrogen and oxygen atoms in total. The molecule has 2 amide bonds. The molecule has 0 saturated heterocycles. The number of hydrogen-bond acceptors (Lipinski definition) is 3. The zero-order chi connectivity index (χ0) is 17.6. The summed E-state index contributed by atoms with van der Waals surface area (Å²) in [5, 5.41) is 7.05. The fourth-order valence-electron chi connectivity index (χ4n) is 2.42. The number of hydrazone groups is 1. The second kappa shape index (κ2) is 7.75. The van der Waals surface area contributed by atoms with Crippen molar-refractivity contribution >= 4 is 23.2 Å². The number of nitrogens with zero attached hydrogens (tertiary/aromatic N) is 1. The molecule has 5 heteroatoms. The van der Waals surface area contributed by atoms with E-state index in [4.69, 9.17) is 0 Å². The van der Waals surface area contributed by atoms with Gasteiger partial charge in [-0.15, -0.1) is 0 Å². The normalized spacial score (nSPS) is 14.0. The number of rotatable bonds is 6. The van der Waals surface area contributed by atoms with E-state index in [-0.39, 0.29) is 17.7 Å². The number of amides is 2. The Hall–Kier alpha value is -2.95. The van der Waals surface area contributed by atoms with E-state index >= 15 is 0 Å². The Labute approximate surface area is 147 Å². The van der Waals surface area contributed by atoms with E-state index in [9.17, 15) is 9.59 Å². The molecule has 0 radical (unpaired) electrons. The molecule has 128 valence electrons. The topological polar surface area (TPSA) is 70.6 Å². The SMILES string of the molecule is CC(=NNC(=O)Cc1ccccc1)c1ccc(NC(=O)C2CC2)cc1. The number of nitrogens with one attached hydrogen (secondary N) is 2. The Morgan fingerprint density at radius 3 is 2.36 bits per heavy atom. The van der Waals surface area contributed by atoms with Gasteiger partial charge >= 0.3 is 0 Å². The van der Waals surface area contributed by atoms with Crippen LogP contribution in [0.1, 0.15) is 30.9 Å². The van der Waals surface area contributed by atoms with Crippen LogP contribution in [0.2, 0.25) is 0 Å². The van der Waals surface area contributed by atoms with Gasteiger partial charge in [0.05, 0.1) is 12.1 Å². The molecule has 0 unspecified atom stereocenters. The van der Waals surface area contributed by atoms with Crippen molar-refractivity contribution in [3.63, 3.8) is 0 Å². The highest BCUT2D eigenvalue weighted by Crippen LogP contribution is 2.30. The molecule has 1 aliphatic carbocycles. The number of carbonyl (C=O) groups excluding carboxylic acids is 2. The predicted molar refractivity (Wildman–Crippen MR) is 98.3 cm³/mol. The average Bonchev–Trinajstić information content (AvgIpc) is 3.46. The monoisotopic (exact) mass is 335 g/mol. The molecule has 2 aromatic carbocycles. The predicted octanol–water partition coefficient (Wildman–Crippen LogP) is 3.12. The number of anilines is 1. The van der Waals surface area contributed by atoms with Crippen LogP contribution in [0.25, 0.3) is 0 Å². The lowest BCUT2D eigenvalue weighted by molar-refractivity contribution is -0.120. The van der Waals surface area contributed by atoms with Gasteiger partial charge in [0.15, 0.2) is 0 Å². The van der Waals surface area contributed by atoms with Crippen molar-refractivity contribution in [1.82, 2.24) is 5.43 Å². The van der Waals surface area contributed by atoms with Crippen molar-refractivity contribution in [1.29, 1.82) is 0 Å². The minimum Gasteiger partial charge on any atom is -0.326 e. The van der Waals surface area contributed by atoms with Crippen molar-refractivity contribution in [3.05, 3.63) is 65.7 Å². The minimum absolute atomic E-state index is 0.0892. The second-order valence-corrected chi connectivity index (χ2v) is 6.24. The lowest BCUT2D eigenvalue weighted by atomic mass is 10.1. The smallest absolute Gasteiger partial charge is 0.244 e. The van der Waals surface area contributed by atoms with E-state index < -0.39 is 0 Å². The van der Waals surface area contributed by atoms with E-state index in [2.05, 4.69) is 15.8 Å². The Morgan fingerprint density at radius 1 is 1.04 bits per heavy atom. The van der Waals surface area contributed by atoms with Crippen LogP contribution in [-0.4, -0.2) is 17.5 Å². The maximum absolute atomic E-state index is 11.9. The Morgan fingerprint density at radius 2 is 1.72 bits per heavy atom. The zero-order valence-corrected chi connectivity index (χ0v) is 14.2. The lowest BCUT2D eigenvalue weighted by Gasteiger charge is -2.06. The lowest BCUT2D eigenvalue weighted by Crippen LogP contribution is -2.21. The fourth-order valence-corrected chi connectivity index (χ4v) is 2.42. The summed E-state index contributed by atoms with van der Waals surface area (Å²) >= 11 is 0. The molecule has 25 heavy (non-hydrogen) atoms. The molecule has 0 aliphatic heterocycles. The first-order chi connectivity index (χ1) is 12.1. The standard InChI is InChI=1S/C20H21N3O2/c1-14(22-23-19(24)13-15-5-3-2-4-6-15)16-9-11-18(12-10-16)21-20(25)17-7-8-17/h2-6,9-12,17H,7-8,13H2,1H3,(H,21,25)(H,23,24). The van der Waals surface area contributed by atoms with Crippen LogP contribution < -0.4 is 10.7 Å². The van der Waals surface area contributed by atoms with Crippen LogP contribution >= 0.6 is 0 Å². The molecule has 1 aliphatic rings. The minimum atomic E-state index is -0.154. The maximum atomic E-state index is 11.9. The van der Waals surface area contributed by atoms with Crippen LogP contribution in [-0.2, 0) is 16.0 Å². The molecular formula is C20H21N3O2. The van der Waals surface area contributed by atoms with Crippen molar-refractivity contribution in [2.75, 3.05) is 5.32 Å². The second-order valence-electron chi connectivity index (χ2n) is 6.24. The van der Waals surface area contributed by atoms with Crippen molar-refractivity contribution in [2.45, 2.75) is 26.2 Å². The third kappa shape index (κ3) is 5.01. The van der Waals surface area contributed by atoms with Gasteiger partial charge in [-0.25, -0.2) is 5.43 Å². The molecule has 2 aromatic rings. The van der Waals surface area contributed by atoms with Gasteiger partial charge < -0.3 is 5.32 Å². The van der Waals surface area contributed by atoms with Gasteiger partial charge in [0.1, 0.15) is 0 Å². The summed E-state index contributed by atoms with van der Waals surface area (Å²) in [5.74, 6) is 0.119. The molecule has 0 spiro atoms. The third-order valence-corrected chi connectivity index (χ3v) is 4.07. The van der Waals surface area contributed by atoms with Gasteiger partial charge in [-0.2, -0.15) is 5.10 Å².